The molecule has 0 radical (unpaired) electrons. The SMILES string of the molecule is CS(=O)(=O)c1cccc(N(CCO)CC(F)F)c1[N+](=O)[O-]. The third-order valence-electron chi connectivity index (χ3n) is 2.63. The molecular formula is C11H14F2N2O5S. The zero-order chi connectivity index (χ0) is 16.2. The van der Waals surface area contributed by atoms with Crippen molar-refractivity contribution in [2.24, 2.45) is 0 Å². The lowest BCUT2D eigenvalue weighted by atomic mass is 10.2. The number of hydrogen-bond acceptors (Lipinski definition) is 6. The lowest BCUT2D eigenvalue weighted by molar-refractivity contribution is -0.387. The minimum Gasteiger partial charge on any atom is -0.395 e. The second-order valence-electron chi connectivity index (χ2n) is 4.21. The van der Waals surface area contributed by atoms with Crippen LogP contribution in [0.5, 0.6) is 0 Å². The first-order valence-corrected chi connectivity index (χ1v) is 7.69. The average Bonchev–Trinajstić information content (AvgIpc) is 2.35. The summed E-state index contributed by atoms with van der Waals surface area (Å²) in [6, 6.07) is 3.44. The van der Waals surface area contributed by atoms with Crippen molar-refractivity contribution in [3.63, 3.8) is 0 Å². The fraction of sp³-hybridized carbons (Fsp3) is 0.455. The summed E-state index contributed by atoms with van der Waals surface area (Å²) >= 11 is 0. The molecule has 0 aliphatic carbocycles. The summed E-state index contributed by atoms with van der Waals surface area (Å²) in [5, 5.41) is 20.0. The maximum Gasteiger partial charge on any atom is 0.311 e. The van der Waals surface area contributed by atoms with Crippen molar-refractivity contribution < 1.29 is 27.2 Å². The monoisotopic (exact) mass is 324 g/mol. The summed E-state index contributed by atoms with van der Waals surface area (Å²) in [6.45, 7) is -1.64. The van der Waals surface area contributed by atoms with Crippen LogP contribution in [0.4, 0.5) is 20.2 Å². The molecule has 1 aromatic carbocycles. The van der Waals surface area contributed by atoms with E-state index >= 15 is 0 Å². The number of anilines is 1. The first kappa shape index (κ1) is 17.2. The average molecular weight is 324 g/mol. The van der Waals surface area contributed by atoms with Crippen molar-refractivity contribution in [3.8, 4) is 0 Å². The molecule has 0 saturated heterocycles. The third-order valence-corrected chi connectivity index (χ3v) is 3.76. The van der Waals surface area contributed by atoms with Crippen LogP contribution < -0.4 is 4.90 Å². The number of alkyl halides is 2. The van der Waals surface area contributed by atoms with Crippen LogP contribution in [0, 0.1) is 10.1 Å². The first-order chi connectivity index (χ1) is 9.68. The smallest absolute Gasteiger partial charge is 0.311 e. The number of nitro benzene ring substituents is 1. The molecule has 0 bridgehead atoms. The number of hydrogen-bond donors (Lipinski definition) is 1. The molecule has 0 spiro atoms. The molecule has 0 amide bonds. The molecule has 0 aromatic heterocycles. The van der Waals surface area contributed by atoms with Crippen LogP contribution in [0.15, 0.2) is 23.1 Å². The number of benzene rings is 1. The molecule has 118 valence electrons. The van der Waals surface area contributed by atoms with Gasteiger partial charge in [-0.05, 0) is 12.1 Å². The number of para-hydroxylation sites is 1. The van der Waals surface area contributed by atoms with Gasteiger partial charge < -0.3 is 10.0 Å². The van der Waals surface area contributed by atoms with Crippen molar-refractivity contribution >= 4 is 21.2 Å². The van der Waals surface area contributed by atoms with E-state index in [9.17, 15) is 27.3 Å². The summed E-state index contributed by atoms with van der Waals surface area (Å²) in [5.41, 5.74) is -1.04. The molecule has 1 N–H and O–H groups in total. The van der Waals surface area contributed by atoms with E-state index in [1.54, 1.807) is 0 Å². The Kier molecular flexibility index (Phi) is 5.55. The highest BCUT2D eigenvalue weighted by Gasteiger charge is 2.29. The number of aliphatic hydroxyl groups excluding tert-OH is 1. The van der Waals surface area contributed by atoms with E-state index in [-0.39, 0.29) is 12.2 Å². The normalized spacial score (nSPS) is 11.7. The summed E-state index contributed by atoms with van der Waals surface area (Å²) < 4.78 is 48.3. The van der Waals surface area contributed by atoms with Gasteiger partial charge in [-0.3, -0.25) is 10.1 Å². The minimum absolute atomic E-state index is 0.266. The van der Waals surface area contributed by atoms with Gasteiger partial charge in [-0.25, -0.2) is 17.2 Å². The van der Waals surface area contributed by atoms with Crippen molar-refractivity contribution in [2.75, 3.05) is 30.9 Å². The maximum atomic E-state index is 12.5. The fourth-order valence-electron chi connectivity index (χ4n) is 1.85. The summed E-state index contributed by atoms with van der Waals surface area (Å²) in [6.07, 6.45) is -2.00. The van der Waals surface area contributed by atoms with Gasteiger partial charge in [0.25, 0.3) is 6.43 Å². The summed E-state index contributed by atoms with van der Waals surface area (Å²) in [5.74, 6) is 0. The van der Waals surface area contributed by atoms with Crippen LogP contribution in [0.2, 0.25) is 0 Å². The molecule has 21 heavy (non-hydrogen) atoms. The van der Waals surface area contributed by atoms with Gasteiger partial charge in [0.2, 0.25) is 0 Å². The topological polar surface area (TPSA) is 101 Å². The second-order valence-corrected chi connectivity index (χ2v) is 6.20. The minimum atomic E-state index is -3.90. The number of rotatable bonds is 7. The van der Waals surface area contributed by atoms with Crippen molar-refractivity contribution in [2.45, 2.75) is 11.3 Å². The summed E-state index contributed by atoms with van der Waals surface area (Å²) in [7, 11) is -3.90. The number of nitrogens with zero attached hydrogens (tertiary/aromatic N) is 2. The molecule has 0 saturated carbocycles. The zero-order valence-corrected chi connectivity index (χ0v) is 11.9. The molecule has 1 aromatic rings. The van der Waals surface area contributed by atoms with Crippen molar-refractivity contribution in [1.82, 2.24) is 0 Å². The zero-order valence-electron chi connectivity index (χ0n) is 11.1. The molecular weight excluding hydrogens is 310 g/mol. The molecule has 0 atom stereocenters. The maximum absolute atomic E-state index is 12.5. The predicted octanol–water partition coefficient (Wildman–Crippen LogP) is 1.06. The lowest BCUT2D eigenvalue weighted by Crippen LogP contribution is -2.32. The molecule has 7 nitrogen and oxygen atoms in total. The Bertz CT molecular complexity index is 621. The molecule has 0 heterocycles. The van der Waals surface area contributed by atoms with Gasteiger partial charge in [-0.1, -0.05) is 6.07 Å². The number of halogens is 2. The first-order valence-electron chi connectivity index (χ1n) is 5.80. The largest absolute Gasteiger partial charge is 0.395 e. The predicted molar refractivity (Wildman–Crippen MR) is 71.5 cm³/mol. The van der Waals surface area contributed by atoms with E-state index in [0.29, 0.717) is 0 Å². The standard InChI is InChI=1S/C11H14F2N2O5S/c1-21(19,20)9-4-2-3-8(11(9)15(17)18)14(5-6-16)7-10(12)13/h2-4,10,16H,5-7H2,1H3. The Labute approximate surface area is 119 Å². The van der Waals surface area contributed by atoms with Crippen LogP contribution in [-0.4, -0.2) is 50.8 Å². The molecule has 0 unspecified atom stereocenters. The second kappa shape index (κ2) is 6.76. The molecule has 10 heteroatoms. The van der Waals surface area contributed by atoms with Crippen molar-refractivity contribution in [3.05, 3.63) is 28.3 Å². The van der Waals surface area contributed by atoms with Crippen LogP contribution in [0.25, 0.3) is 0 Å². The fourth-order valence-corrected chi connectivity index (χ4v) is 2.70. The quantitative estimate of drug-likeness (QED) is 0.594. The number of sulfone groups is 1. The Morgan fingerprint density at radius 3 is 2.48 bits per heavy atom. The van der Waals surface area contributed by atoms with Gasteiger partial charge in [-0.2, -0.15) is 0 Å². The molecule has 0 aliphatic heterocycles. The van der Waals surface area contributed by atoms with Gasteiger partial charge in [0.05, 0.1) is 18.1 Å². The van der Waals surface area contributed by atoms with E-state index in [4.69, 9.17) is 5.11 Å². The van der Waals surface area contributed by atoms with E-state index in [1.807, 2.05) is 0 Å². The van der Waals surface area contributed by atoms with Gasteiger partial charge in [0, 0.05) is 12.8 Å². The number of aliphatic hydroxyl groups is 1. The Morgan fingerprint density at radius 1 is 1.43 bits per heavy atom. The van der Waals surface area contributed by atoms with Crippen LogP contribution in [-0.2, 0) is 9.84 Å². The van der Waals surface area contributed by atoms with E-state index in [0.717, 1.165) is 17.2 Å². The lowest BCUT2D eigenvalue weighted by Gasteiger charge is -2.23. The third kappa shape index (κ3) is 4.33. The van der Waals surface area contributed by atoms with Crippen LogP contribution in [0.3, 0.4) is 0 Å². The van der Waals surface area contributed by atoms with E-state index < -0.39 is 44.9 Å². The molecule has 0 fully saturated rings. The highest BCUT2D eigenvalue weighted by atomic mass is 32.2. The van der Waals surface area contributed by atoms with E-state index in [1.165, 1.54) is 12.1 Å². The Hall–Kier alpha value is -1.81. The molecule has 0 aliphatic rings. The van der Waals surface area contributed by atoms with Crippen LogP contribution in [0.1, 0.15) is 0 Å². The van der Waals surface area contributed by atoms with Gasteiger partial charge in [-0.15, -0.1) is 0 Å². The highest BCUT2D eigenvalue weighted by molar-refractivity contribution is 7.90. The Morgan fingerprint density at radius 2 is 2.05 bits per heavy atom. The van der Waals surface area contributed by atoms with Crippen LogP contribution >= 0.6 is 0 Å². The Balaban J connectivity index is 3.50. The van der Waals surface area contributed by atoms with Gasteiger partial charge >= 0.3 is 5.69 Å². The summed E-state index contributed by atoms with van der Waals surface area (Å²) in [4.78, 5) is 10.6. The van der Waals surface area contributed by atoms with Gasteiger partial charge in [0.15, 0.2) is 9.84 Å². The highest BCUT2D eigenvalue weighted by Crippen LogP contribution is 2.34. The van der Waals surface area contributed by atoms with E-state index in [2.05, 4.69) is 0 Å². The number of nitro groups is 1. The molecule has 1 rings (SSSR count). The van der Waals surface area contributed by atoms with Crippen molar-refractivity contribution in [1.29, 1.82) is 0 Å². The van der Waals surface area contributed by atoms with Gasteiger partial charge in [0.1, 0.15) is 10.6 Å².